The Morgan fingerprint density at radius 2 is 1.67 bits per heavy atom. The summed E-state index contributed by atoms with van der Waals surface area (Å²) >= 11 is 5.87. The second-order valence-corrected chi connectivity index (χ2v) is 7.14. The first-order valence-electron chi connectivity index (χ1n) is 8.91. The number of amides is 2. The molecule has 0 spiro atoms. The maximum absolute atomic E-state index is 12.6. The number of nitrogens with zero attached hydrogens (tertiary/aromatic N) is 1. The van der Waals surface area contributed by atoms with E-state index in [1.165, 1.54) is 6.92 Å². The average molecular weight is 385 g/mol. The standard InChI is InChI=1S/C21H21ClN2O3/c1-14(25)17-3-2-4-19(13-17)23-21(27)24-11-9-16(10-12-24)20(26)15-5-7-18(22)8-6-15/h2-8,13,16H,9-12H2,1H3,(H,23,27). The zero-order valence-electron chi connectivity index (χ0n) is 15.1. The van der Waals surface area contributed by atoms with Crippen molar-refractivity contribution in [3.63, 3.8) is 0 Å². The lowest BCUT2D eigenvalue weighted by atomic mass is 9.89. The largest absolute Gasteiger partial charge is 0.324 e. The molecule has 27 heavy (non-hydrogen) atoms. The predicted molar refractivity (Wildman–Crippen MR) is 106 cm³/mol. The Kier molecular flexibility index (Phi) is 5.91. The monoisotopic (exact) mass is 384 g/mol. The van der Waals surface area contributed by atoms with Crippen molar-refractivity contribution in [2.24, 2.45) is 5.92 Å². The van der Waals surface area contributed by atoms with Gasteiger partial charge in [-0.3, -0.25) is 9.59 Å². The van der Waals surface area contributed by atoms with Crippen LogP contribution in [0.25, 0.3) is 0 Å². The van der Waals surface area contributed by atoms with Crippen molar-refractivity contribution >= 4 is 34.9 Å². The second kappa shape index (κ2) is 8.35. The number of benzene rings is 2. The molecule has 2 aromatic rings. The Labute approximate surface area is 163 Å². The van der Waals surface area contributed by atoms with E-state index in [1.807, 2.05) is 0 Å². The Morgan fingerprint density at radius 1 is 1.00 bits per heavy atom. The molecule has 1 aliphatic rings. The highest BCUT2D eigenvalue weighted by Gasteiger charge is 2.28. The number of hydrogen-bond acceptors (Lipinski definition) is 3. The molecular formula is C21H21ClN2O3. The van der Waals surface area contributed by atoms with Gasteiger partial charge in [0.2, 0.25) is 0 Å². The number of nitrogens with one attached hydrogen (secondary N) is 1. The summed E-state index contributed by atoms with van der Waals surface area (Å²) < 4.78 is 0. The Hall–Kier alpha value is -2.66. The van der Waals surface area contributed by atoms with Crippen LogP contribution in [0.3, 0.4) is 0 Å². The van der Waals surface area contributed by atoms with Gasteiger partial charge in [-0.05, 0) is 56.2 Å². The number of rotatable bonds is 4. The highest BCUT2D eigenvalue weighted by Crippen LogP contribution is 2.23. The SMILES string of the molecule is CC(=O)c1cccc(NC(=O)N2CCC(C(=O)c3ccc(Cl)cc3)CC2)c1. The lowest BCUT2D eigenvalue weighted by molar-refractivity contribution is 0.0859. The fourth-order valence-electron chi connectivity index (χ4n) is 3.21. The first-order chi connectivity index (χ1) is 12.9. The van der Waals surface area contributed by atoms with E-state index in [9.17, 15) is 14.4 Å². The van der Waals surface area contributed by atoms with Gasteiger partial charge in [0.25, 0.3) is 0 Å². The number of hydrogen-bond donors (Lipinski definition) is 1. The minimum Gasteiger partial charge on any atom is -0.324 e. The van der Waals surface area contributed by atoms with Gasteiger partial charge in [-0.2, -0.15) is 0 Å². The van der Waals surface area contributed by atoms with E-state index in [1.54, 1.807) is 53.4 Å². The summed E-state index contributed by atoms with van der Waals surface area (Å²) in [4.78, 5) is 38.2. The summed E-state index contributed by atoms with van der Waals surface area (Å²) in [7, 11) is 0. The van der Waals surface area contributed by atoms with Gasteiger partial charge in [0.05, 0.1) is 0 Å². The van der Waals surface area contributed by atoms with Crippen LogP contribution in [0.1, 0.15) is 40.5 Å². The topological polar surface area (TPSA) is 66.5 Å². The summed E-state index contributed by atoms with van der Waals surface area (Å²) in [5.41, 5.74) is 1.80. The Balaban J connectivity index is 1.56. The van der Waals surface area contributed by atoms with Gasteiger partial charge < -0.3 is 10.2 Å². The number of likely N-dealkylation sites (tertiary alicyclic amines) is 1. The van der Waals surface area contributed by atoms with Crippen LogP contribution in [-0.2, 0) is 0 Å². The fourth-order valence-corrected chi connectivity index (χ4v) is 3.34. The van der Waals surface area contributed by atoms with Crippen LogP contribution >= 0.6 is 11.6 Å². The van der Waals surface area contributed by atoms with Crippen molar-refractivity contribution in [3.05, 3.63) is 64.7 Å². The smallest absolute Gasteiger partial charge is 0.321 e. The maximum Gasteiger partial charge on any atom is 0.321 e. The van der Waals surface area contributed by atoms with Gasteiger partial charge in [-0.1, -0.05) is 23.7 Å². The quantitative estimate of drug-likeness (QED) is 0.779. The molecule has 0 saturated carbocycles. The van der Waals surface area contributed by atoms with Gasteiger partial charge in [-0.25, -0.2) is 4.79 Å². The summed E-state index contributed by atoms with van der Waals surface area (Å²) in [6.45, 7) is 2.52. The summed E-state index contributed by atoms with van der Waals surface area (Å²) in [5, 5.41) is 3.43. The van der Waals surface area contributed by atoms with Crippen molar-refractivity contribution in [2.75, 3.05) is 18.4 Å². The molecule has 6 heteroatoms. The first-order valence-corrected chi connectivity index (χ1v) is 9.28. The van der Waals surface area contributed by atoms with E-state index in [0.29, 0.717) is 47.8 Å². The molecule has 3 rings (SSSR count). The van der Waals surface area contributed by atoms with Crippen molar-refractivity contribution in [2.45, 2.75) is 19.8 Å². The highest BCUT2D eigenvalue weighted by atomic mass is 35.5. The van der Waals surface area contributed by atoms with Crippen LogP contribution in [0.2, 0.25) is 5.02 Å². The predicted octanol–water partition coefficient (Wildman–Crippen LogP) is 4.67. The Morgan fingerprint density at radius 3 is 2.30 bits per heavy atom. The maximum atomic E-state index is 12.6. The van der Waals surface area contributed by atoms with Crippen molar-refractivity contribution in [1.29, 1.82) is 0 Å². The van der Waals surface area contributed by atoms with E-state index >= 15 is 0 Å². The summed E-state index contributed by atoms with van der Waals surface area (Å²) in [5.74, 6) is -0.0372. The van der Waals surface area contributed by atoms with Crippen molar-refractivity contribution < 1.29 is 14.4 Å². The minimum atomic E-state index is -0.215. The third kappa shape index (κ3) is 4.74. The van der Waals surface area contributed by atoms with Gasteiger partial charge >= 0.3 is 6.03 Å². The molecule has 0 aliphatic carbocycles. The molecule has 0 aromatic heterocycles. The summed E-state index contributed by atoms with van der Waals surface area (Å²) in [6, 6.07) is 13.6. The molecular weight excluding hydrogens is 364 g/mol. The number of Topliss-reactive ketones (excluding diaryl/α,β-unsaturated/α-hetero) is 2. The Bertz CT molecular complexity index is 856. The number of ketones is 2. The second-order valence-electron chi connectivity index (χ2n) is 6.70. The van der Waals surface area contributed by atoms with Crippen molar-refractivity contribution in [3.8, 4) is 0 Å². The van der Waals surface area contributed by atoms with Gasteiger partial charge in [-0.15, -0.1) is 0 Å². The van der Waals surface area contributed by atoms with E-state index < -0.39 is 0 Å². The number of urea groups is 1. The molecule has 2 aromatic carbocycles. The number of carbonyl (C=O) groups excluding carboxylic acids is 3. The van der Waals surface area contributed by atoms with Gasteiger partial charge in [0, 0.05) is 40.8 Å². The zero-order valence-corrected chi connectivity index (χ0v) is 15.8. The molecule has 0 bridgehead atoms. The lowest BCUT2D eigenvalue weighted by Crippen LogP contribution is -2.42. The van der Waals surface area contributed by atoms with E-state index in [4.69, 9.17) is 11.6 Å². The highest BCUT2D eigenvalue weighted by molar-refractivity contribution is 6.30. The third-order valence-electron chi connectivity index (χ3n) is 4.80. The van der Waals surface area contributed by atoms with Crippen LogP contribution in [0.15, 0.2) is 48.5 Å². The van der Waals surface area contributed by atoms with Crippen LogP contribution in [0.5, 0.6) is 0 Å². The number of carbonyl (C=O) groups is 3. The molecule has 1 N–H and O–H groups in total. The number of piperidine rings is 1. The molecule has 140 valence electrons. The molecule has 0 unspecified atom stereocenters. The lowest BCUT2D eigenvalue weighted by Gasteiger charge is -2.31. The third-order valence-corrected chi connectivity index (χ3v) is 5.05. The molecule has 1 saturated heterocycles. The van der Waals surface area contributed by atoms with Crippen molar-refractivity contribution in [1.82, 2.24) is 4.90 Å². The zero-order chi connectivity index (χ0) is 19.4. The molecule has 1 heterocycles. The van der Waals surface area contributed by atoms with E-state index in [-0.39, 0.29) is 23.5 Å². The van der Waals surface area contributed by atoms with Crippen LogP contribution < -0.4 is 5.32 Å². The van der Waals surface area contributed by atoms with Crippen LogP contribution in [-0.4, -0.2) is 35.6 Å². The number of anilines is 1. The molecule has 1 aliphatic heterocycles. The normalized spacial score (nSPS) is 14.7. The minimum absolute atomic E-state index is 0.0485. The van der Waals surface area contributed by atoms with Crippen LogP contribution in [0.4, 0.5) is 10.5 Å². The van der Waals surface area contributed by atoms with Gasteiger partial charge in [0.1, 0.15) is 0 Å². The van der Waals surface area contributed by atoms with E-state index in [0.717, 1.165) is 0 Å². The molecule has 5 nitrogen and oxygen atoms in total. The average Bonchev–Trinajstić information content (AvgIpc) is 2.68. The molecule has 1 fully saturated rings. The molecule has 0 radical (unpaired) electrons. The number of halogens is 1. The molecule has 0 atom stereocenters. The molecule has 2 amide bonds. The van der Waals surface area contributed by atoms with Crippen LogP contribution in [0, 0.1) is 5.92 Å². The summed E-state index contributed by atoms with van der Waals surface area (Å²) in [6.07, 6.45) is 1.25. The van der Waals surface area contributed by atoms with Gasteiger partial charge in [0.15, 0.2) is 11.6 Å². The van der Waals surface area contributed by atoms with E-state index in [2.05, 4.69) is 5.32 Å². The fraction of sp³-hybridized carbons (Fsp3) is 0.286. The first kappa shape index (κ1) is 19.1.